The van der Waals surface area contributed by atoms with Crippen molar-refractivity contribution in [2.45, 2.75) is 66.6 Å². The summed E-state index contributed by atoms with van der Waals surface area (Å²) in [7, 11) is 6.31. The van der Waals surface area contributed by atoms with Crippen LogP contribution in [-0.2, 0) is 50.6 Å². The van der Waals surface area contributed by atoms with Gasteiger partial charge in [0.05, 0.1) is 52.5 Å². The third-order valence-corrected chi connectivity index (χ3v) is 25.3. The summed E-state index contributed by atoms with van der Waals surface area (Å²) >= 11 is 50.1. The predicted molar refractivity (Wildman–Crippen MR) is 547 cm³/mol. The van der Waals surface area contributed by atoms with Crippen LogP contribution in [0.15, 0.2) is 152 Å². The standard InChI is InChI=1S/C11H15ClN4O2.C10H10ClN3O2S.C8H10ClN5O2.C8H9ClN4O2S.C8H7ClN4S2.C7H8ClN5O2S.C7H14N4O3.C7H13N3O2S.C6H8ClN5O2S.CH4/c1-3-15(11(13-2)8-16(17)18)7-9-4-5-10(12)14-6-9;11-9-2-1-8(5-12-9)6-13-3-4-17-10(13)7-14(15)16;1-10-8(13-14(15)16)12-5-6-2-3-7(9)11-4-6;9-8-11-3-6(16-8)4-12-2-1-10-7(12)5-13(14)15;9-7-11-3-6(15-7)4-13-1-2-14-8(13)12-5-10;8-6-10-3-5(16-6)4-12-2-1-9-7(12)11-13(14)15;1-8-7(10-11(12)13)9-4-6-2-3-14-5-6;1-13-5-4-9-3-2-8-7(9)6-10(11)12;1-8-6(11-12(13)14)10-3-4-2-9-5(7)15-4;/h4-6,8,13H,3,7H2,1-2H3;1-2,5,7H,3-4,6H2;2-4H,5H2,1H3,(H2,10,12,13);3,5,10H,1-2,4H2;3H,1-2,4H2;3H,1-2,4H2,(H,9,11);6H,2-5H2,1H3,(H2,8,9,10);6,8H,2-5H2,1H3;2H,3H2,1H3,(H2,8,10,11);1H4/b11-8+;10-7-;;7-5+;;;;;;. The number of nitrogens with one attached hydrogen (secondary N) is 10. The molecule has 0 bridgehead atoms. The fourth-order valence-electron chi connectivity index (χ4n) is 11.4. The molecule has 0 spiro atoms. The predicted octanol–water partition coefficient (Wildman–Crippen LogP) is 10.0. The zero-order chi connectivity index (χ0) is 103. The highest BCUT2D eigenvalue weighted by atomic mass is 35.5. The molecule has 13 heterocycles. The molecule has 768 valence electrons. The number of hydrogen-bond donors (Lipinski definition) is 10. The van der Waals surface area contributed by atoms with Gasteiger partial charge in [-0.2, -0.15) is 17.0 Å². The lowest BCUT2D eigenvalue weighted by molar-refractivity contribution is -0.485. The summed E-state index contributed by atoms with van der Waals surface area (Å²) in [6.45, 7) is 15.5. The SMILES string of the molecule is C.CCN(Cc1ccc(Cl)nc1)/C(=C/[N+](=O)[O-])NC.CN/C(=N\[N+](=O)[O-])NCC1CCOC1.CN/C(=N\[N+](=O)[O-])NCc1ccc(Cl)nc1.CN/C(=N\[N+](=O)[O-])NCc1cnc(Cl)s1.CSCCN1CCNC1=C[N+](=O)[O-].N#CN=C1SCCN1Cc1cnc(Cl)s1.O=[N+]([O-])/C=C1\NCCN1Cc1cnc(Cl)s1.O=[N+]([O-])/C=C1\SCCN1Cc1ccc(Cl)nc1.O=[N+]([O-])/N=C1\NCCN1Cc1cnc(Cl)s1. The second-order valence-electron chi connectivity index (χ2n) is 27.1. The van der Waals surface area contributed by atoms with E-state index in [0.717, 1.165) is 142 Å². The Hall–Kier alpha value is -12.2. The van der Waals surface area contributed by atoms with Gasteiger partial charge in [0.25, 0.3) is 48.6 Å². The largest absolute Gasteiger partial charge is 0.381 e. The quantitative estimate of drug-likeness (QED) is 0.00499. The van der Waals surface area contributed by atoms with Crippen molar-refractivity contribution in [3.63, 3.8) is 0 Å². The number of guanidine groups is 4. The summed E-state index contributed by atoms with van der Waals surface area (Å²) in [4.78, 5) is 127. The molecule has 7 aromatic heterocycles. The topological polar surface area (TPSA) is 670 Å². The molecule has 6 saturated heterocycles. The maximum atomic E-state index is 10.5. The molecule has 54 nitrogen and oxygen atoms in total. The van der Waals surface area contributed by atoms with Gasteiger partial charge >= 0.3 is 0 Å². The molecular formula is C73H98Cl7N37O17S7. The van der Waals surface area contributed by atoms with Gasteiger partial charge in [-0.15, -0.1) is 62.1 Å². The number of amidine groups is 1. The van der Waals surface area contributed by atoms with Gasteiger partial charge in [-0.25, -0.2) is 75.3 Å². The van der Waals surface area contributed by atoms with Crippen molar-refractivity contribution in [1.29, 1.82) is 5.26 Å². The van der Waals surface area contributed by atoms with E-state index in [4.69, 9.17) is 91.2 Å². The van der Waals surface area contributed by atoms with Crippen LogP contribution in [0, 0.1) is 98.3 Å². The first-order valence-electron chi connectivity index (χ1n) is 40.5. The van der Waals surface area contributed by atoms with E-state index in [1.807, 2.05) is 51.1 Å². The smallest absolute Gasteiger partial charge is 0.274 e. The van der Waals surface area contributed by atoms with Gasteiger partial charge in [0, 0.05) is 212 Å². The van der Waals surface area contributed by atoms with Gasteiger partial charge in [0.2, 0.25) is 6.19 Å². The number of hydrazone groups is 4. The summed E-state index contributed by atoms with van der Waals surface area (Å²) in [5.41, 5.74) is 2.77. The van der Waals surface area contributed by atoms with Crippen LogP contribution in [0.25, 0.3) is 0 Å². The Morgan fingerprint density at radius 2 is 0.986 bits per heavy atom. The number of rotatable bonds is 30. The Bertz CT molecular complexity index is 5370. The lowest BCUT2D eigenvalue weighted by Gasteiger charge is -2.23. The van der Waals surface area contributed by atoms with Gasteiger partial charge in [-0.1, -0.05) is 119 Å². The maximum absolute atomic E-state index is 10.5. The number of pyridine rings is 3. The Labute approximate surface area is 870 Å². The number of nitro groups is 8. The van der Waals surface area contributed by atoms with Gasteiger partial charge in [0.15, 0.2) is 60.6 Å². The lowest BCUT2D eigenvalue weighted by Crippen LogP contribution is -2.38. The minimum absolute atomic E-state index is 0. The molecular weight excluding hydrogens is 2140 g/mol. The van der Waals surface area contributed by atoms with E-state index >= 15 is 0 Å². The van der Waals surface area contributed by atoms with E-state index in [1.165, 1.54) is 71.2 Å². The summed E-state index contributed by atoms with van der Waals surface area (Å²) in [5.74, 6) is 5.54. The van der Waals surface area contributed by atoms with Crippen LogP contribution < -0.4 is 53.2 Å². The number of ether oxygens (including phenoxy) is 1. The molecule has 68 heteroatoms. The Balaban J connectivity index is 0.000000331. The van der Waals surface area contributed by atoms with Gasteiger partial charge in [-0.3, -0.25) is 40.5 Å². The molecule has 6 fully saturated rings. The van der Waals surface area contributed by atoms with Gasteiger partial charge < -0.3 is 87.3 Å². The first kappa shape index (κ1) is 121. The van der Waals surface area contributed by atoms with Gasteiger partial charge in [-0.05, 0) is 54.5 Å². The lowest BCUT2D eigenvalue weighted by atomic mass is 10.1. The maximum Gasteiger partial charge on any atom is 0.274 e. The third kappa shape index (κ3) is 51.2. The molecule has 13 rings (SSSR count). The number of nitriles is 1. The molecule has 1 unspecified atom stereocenters. The van der Waals surface area contributed by atoms with E-state index in [2.05, 4.69) is 118 Å². The van der Waals surface area contributed by atoms with Crippen LogP contribution in [0.1, 0.15) is 57.0 Å². The molecule has 6 aliphatic rings. The molecule has 0 amide bonds. The number of hydrogen-bond acceptors (Lipinski definition) is 40. The number of aromatic nitrogens is 7. The minimum Gasteiger partial charge on any atom is -0.381 e. The average Bonchev–Trinajstić information content (AvgIpc) is 1.64. The number of nitrogens with zero attached hydrogens (tertiary/aromatic N) is 27. The zero-order valence-corrected chi connectivity index (χ0v) is 85.9. The van der Waals surface area contributed by atoms with Crippen molar-refractivity contribution in [3.05, 3.63) is 278 Å². The molecule has 1 atom stereocenters. The Kier molecular flexibility index (Phi) is 58.4. The molecule has 0 radical (unpaired) electrons. The van der Waals surface area contributed by atoms with Crippen LogP contribution >= 0.6 is 162 Å². The van der Waals surface area contributed by atoms with Crippen LogP contribution in [0.5, 0.6) is 0 Å². The van der Waals surface area contributed by atoms with E-state index in [-0.39, 0.29) is 31.3 Å². The monoisotopic (exact) mass is 2230 g/mol. The third-order valence-electron chi connectivity index (χ3n) is 17.6. The fourth-order valence-corrected chi connectivity index (χ4v) is 18.0. The van der Waals surface area contributed by atoms with Crippen molar-refractivity contribution in [2.24, 2.45) is 31.3 Å². The van der Waals surface area contributed by atoms with Crippen molar-refractivity contribution in [3.8, 4) is 6.19 Å². The number of halogens is 7. The average molecular weight is 2240 g/mol. The summed E-state index contributed by atoms with van der Waals surface area (Å²) < 4.78 is 7.11. The number of thioether (sulfide) groups is 3. The summed E-state index contributed by atoms with van der Waals surface area (Å²) in [6, 6.07) is 10.5. The van der Waals surface area contributed by atoms with Crippen molar-refractivity contribution in [2.75, 3.05) is 137 Å². The fraction of sp³-hybridized carbons (Fsp3) is 0.438. The van der Waals surface area contributed by atoms with Crippen molar-refractivity contribution in [1.82, 2.24) is 117 Å². The number of aliphatic imine (C=N–C) groups is 1. The second kappa shape index (κ2) is 68.0. The van der Waals surface area contributed by atoms with Crippen LogP contribution in [0.3, 0.4) is 0 Å². The normalized spacial score (nSPS) is 16.0. The Morgan fingerprint density at radius 1 is 0.532 bits per heavy atom. The molecule has 7 aromatic rings. The van der Waals surface area contributed by atoms with E-state index in [1.54, 1.807) is 110 Å². The molecule has 10 N–H and O–H groups in total. The molecule has 0 saturated carbocycles. The highest BCUT2D eigenvalue weighted by Gasteiger charge is 2.27. The van der Waals surface area contributed by atoms with E-state index in [9.17, 15) is 80.9 Å². The summed E-state index contributed by atoms with van der Waals surface area (Å²) in [5, 5.41) is 131. The highest BCUT2D eigenvalue weighted by molar-refractivity contribution is 8.14. The Morgan fingerprint density at radius 3 is 1.43 bits per heavy atom. The van der Waals surface area contributed by atoms with Crippen molar-refractivity contribution >= 4 is 191 Å². The second-order valence-corrected chi connectivity index (χ2v) is 38.2. The molecule has 0 aromatic carbocycles. The van der Waals surface area contributed by atoms with Gasteiger partial charge in [0.1, 0.15) is 40.9 Å². The first-order chi connectivity index (χ1) is 67.0. The molecule has 141 heavy (non-hydrogen) atoms. The molecule has 6 aliphatic heterocycles. The number of thiazole rings is 4. The highest BCUT2D eigenvalue weighted by Crippen LogP contribution is 2.30. The first-order valence-corrected chi connectivity index (χ1v) is 49.8. The summed E-state index contributed by atoms with van der Waals surface area (Å²) in [6.07, 6.45) is 20.5. The zero-order valence-electron chi connectivity index (χ0n) is 74.9. The van der Waals surface area contributed by atoms with Crippen LogP contribution in [0.2, 0.25) is 33.3 Å². The van der Waals surface area contributed by atoms with Crippen LogP contribution in [-0.4, -0.2) is 270 Å². The minimum atomic E-state index is -0.779. The van der Waals surface area contributed by atoms with Crippen LogP contribution in [0.4, 0.5) is 0 Å². The van der Waals surface area contributed by atoms with Crippen molar-refractivity contribution < 1.29 is 44.6 Å². The van der Waals surface area contributed by atoms with E-state index < -0.39 is 39.8 Å². The molecule has 0 aliphatic carbocycles. The van der Waals surface area contributed by atoms with E-state index in [0.29, 0.717) is 140 Å².